The van der Waals surface area contributed by atoms with Gasteiger partial charge < -0.3 is 24.8 Å². The van der Waals surface area contributed by atoms with Crippen molar-refractivity contribution in [1.82, 2.24) is 10.6 Å². The van der Waals surface area contributed by atoms with Gasteiger partial charge in [0, 0.05) is 18.0 Å². The Hall–Kier alpha value is -1.86. The Morgan fingerprint density at radius 3 is 2.61 bits per heavy atom. The maximum absolute atomic E-state index is 12.4. The Morgan fingerprint density at radius 2 is 1.92 bits per heavy atom. The second-order valence-corrected chi connectivity index (χ2v) is 12.0. The fourth-order valence-electron chi connectivity index (χ4n) is 2.95. The molecule has 9 heteroatoms. The number of hydrogen-bond donors (Lipinski definition) is 2. The first kappa shape index (κ1) is 32.2. The first-order chi connectivity index (χ1) is 17.1. The summed E-state index contributed by atoms with van der Waals surface area (Å²) >= 11 is 0. The van der Waals surface area contributed by atoms with Crippen molar-refractivity contribution in [1.29, 1.82) is 0 Å². The zero-order valence-corrected chi connectivity index (χ0v) is 24.1. The van der Waals surface area contributed by atoms with E-state index >= 15 is 0 Å². The van der Waals surface area contributed by atoms with E-state index in [0.717, 1.165) is 12.8 Å². The molecule has 2 amide bonds. The van der Waals surface area contributed by atoms with Crippen LogP contribution >= 0.6 is 21.6 Å². The highest BCUT2D eigenvalue weighted by Gasteiger charge is 2.27. The van der Waals surface area contributed by atoms with Crippen LogP contribution in [0.5, 0.6) is 5.75 Å². The summed E-state index contributed by atoms with van der Waals surface area (Å²) in [6.45, 7) is 12.1. The van der Waals surface area contributed by atoms with Gasteiger partial charge in [0.05, 0.1) is 19.8 Å². The average molecular weight is 539 g/mol. The van der Waals surface area contributed by atoms with E-state index in [1.54, 1.807) is 33.7 Å². The Kier molecular flexibility index (Phi) is 16.4. The Balaban J connectivity index is 2.44. The van der Waals surface area contributed by atoms with Gasteiger partial charge in [-0.25, -0.2) is 0 Å². The number of carbonyl (C=O) groups is 2. The Labute approximate surface area is 225 Å². The number of amides is 2. The molecule has 1 aromatic rings. The smallest absolute Gasteiger partial charge is 0.251 e. The molecular formula is C27H42N2O5S2. The van der Waals surface area contributed by atoms with Crippen LogP contribution < -0.4 is 15.4 Å². The third-order valence-corrected chi connectivity index (χ3v) is 7.05. The van der Waals surface area contributed by atoms with Crippen LogP contribution in [-0.2, 0) is 14.3 Å². The second kappa shape index (κ2) is 18.4. The molecule has 0 aliphatic heterocycles. The van der Waals surface area contributed by atoms with E-state index in [9.17, 15) is 9.59 Å². The predicted molar refractivity (Wildman–Crippen MR) is 150 cm³/mol. The lowest BCUT2D eigenvalue weighted by molar-refractivity contribution is -0.126. The molecule has 0 aromatic heterocycles. The molecule has 36 heavy (non-hydrogen) atoms. The molecule has 1 unspecified atom stereocenters. The molecule has 0 aliphatic carbocycles. The summed E-state index contributed by atoms with van der Waals surface area (Å²) in [5.74, 6) is 7.09. The monoisotopic (exact) mass is 538 g/mol. The topological polar surface area (TPSA) is 85.9 Å². The normalized spacial score (nSPS) is 12.6. The first-order valence-electron chi connectivity index (χ1n) is 12.3. The number of rotatable bonds is 17. The van der Waals surface area contributed by atoms with Crippen LogP contribution in [0.4, 0.5) is 0 Å². The van der Waals surface area contributed by atoms with Crippen molar-refractivity contribution >= 4 is 33.4 Å². The van der Waals surface area contributed by atoms with Crippen LogP contribution in [0.2, 0.25) is 0 Å². The largest absolute Gasteiger partial charge is 0.490 e. The van der Waals surface area contributed by atoms with E-state index in [4.69, 9.17) is 14.2 Å². The number of carbonyl (C=O) groups excluding carboxylic acids is 2. The van der Waals surface area contributed by atoms with Gasteiger partial charge in [0.1, 0.15) is 19.0 Å². The van der Waals surface area contributed by atoms with Gasteiger partial charge in [-0.15, -0.1) is 0 Å². The van der Waals surface area contributed by atoms with Gasteiger partial charge in [-0.1, -0.05) is 67.2 Å². The van der Waals surface area contributed by atoms with E-state index in [-0.39, 0.29) is 37.6 Å². The van der Waals surface area contributed by atoms with Crippen LogP contribution in [0.25, 0.3) is 0 Å². The minimum Gasteiger partial charge on any atom is -0.490 e. The van der Waals surface area contributed by atoms with Crippen LogP contribution in [-0.4, -0.2) is 62.5 Å². The average Bonchev–Trinajstić information content (AvgIpc) is 2.83. The van der Waals surface area contributed by atoms with Crippen LogP contribution in [0.3, 0.4) is 0 Å². The summed E-state index contributed by atoms with van der Waals surface area (Å²) in [6, 6.07) is 7.16. The zero-order chi connectivity index (χ0) is 26.8. The van der Waals surface area contributed by atoms with E-state index in [1.807, 2.05) is 39.2 Å². The highest BCUT2D eigenvalue weighted by molar-refractivity contribution is 8.76. The molecular weight excluding hydrogens is 496 g/mol. The molecule has 0 radical (unpaired) electrons. The second-order valence-electron chi connectivity index (χ2n) is 9.15. The molecule has 7 nitrogen and oxygen atoms in total. The molecule has 0 heterocycles. The maximum atomic E-state index is 12.4. The molecule has 0 saturated carbocycles. The molecule has 0 spiro atoms. The van der Waals surface area contributed by atoms with Crippen molar-refractivity contribution in [2.24, 2.45) is 11.8 Å². The standard InChI is InChI=1S/C27H42N2O5S2/c1-21(2)10-8-14-28-25(30)19-32-16-17-34-27(5,36-35-6)20-33-24-13-7-12-23(18-24)26(31)29-15-9-11-22(3)4/h7,12-13,18,21-22H,9,11,14-17,19-20H2,1-6H3,(H,28,30)(H,29,31). The van der Waals surface area contributed by atoms with Crippen molar-refractivity contribution in [3.63, 3.8) is 0 Å². The molecule has 1 aromatic carbocycles. The van der Waals surface area contributed by atoms with E-state index in [2.05, 4.69) is 36.3 Å². The molecule has 202 valence electrons. The number of nitrogens with one attached hydrogen (secondary N) is 2. The molecule has 1 rings (SSSR count). The van der Waals surface area contributed by atoms with Gasteiger partial charge in [-0.3, -0.25) is 9.59 Å². The fourth-order valence-corrected chi connectivity index (χ4v) is 4.89. The number of ether oxygens (including phenoxy) is 3. The lowest BCUT2D eigenvalue weighted by Gasteiger charge is -2.28. The summed E-state index contributed by atoms with van der Waals surface area (Å²) < 4.78 is 17.4. The SMILES string of the molecule is CSSC(C)(COc1cccc(C(=O)NCCCC(C)C)c1)OCCOCC(=O)NCC#CC(C)C. The third kappa shape index (κ3) is 15.3. The van der Waals surface area contributed by atoms with Crippen molar-refractivity contribution < 1.29 is 23.8 Å². The van der Waals surface area contributed by atoms with Crippen LogP contribution in [0, 0.1) is 23.7 Å². The maximum Gasteiger partial charge on any atom is 0.251 e. The summed E-state index contributed by atoms with van der Waals surface area (Å²) in [7, 11) is 3.12. The predicted octanol–water partition coefficient (Wildman–Crippen LogP) is 4.77. The molecule has 2 N–H and O–H groups in total. The van der Waals surface area contributed by atoms with Crippen molar-refractivity contribution in [3.05, 3.63) is 29.8 Å². The van der Waals surface area contributed by atoms with E-state index in [0.29, 0.717) is 36.9 Å². The van der Waals surface area contributed by atoms with Gasteiger partial charge in [0.25, 0.3) is 5.91 Å². The van der Waals surface area contributed by atoms with Gasteiger partial charge >= 0.3 is 0 Å². The van der Waals surface area contributed by atoms with Gasteiger partial charge in [0.15, 0.2) is 4.93 Å². The van der Waals surface area contributed by atoms with Crippen molar-refractivity contribution in [2.45, 2.75) is 52.4 Å². The fraction of sp³-hybridized carbons (Fsp3) is 0.630. The number of benzene rings is 1. The molecule has 0 aliphatic rings. The first-order valence-corrected chi connectivity index (χ1v) is 14.9. The van der Waals surface area contributed by atoms with E-state index in [1.165, 1.54) is 0 Å². The summed E-state index contributed by atoms with van der Waals surface area (Å²) in [4.78, 5) is 23.6. The molecule has 1 atom stereocenters. The van der Waals surface area contributed by atoms with Crippen LogP contribution in [0.1, 0.15) is 57.8 Å². The molecule has 0 fully saturated rings. The van der Waals surface area contributed by atoms with E-state index < -0.39 is 4.93 Å². The lowest BCUT2D eigenvalue weighted by atomic mass is 10.1. The summed E-state index contributed by atoms with van der Waals surface area (Å²) in [6.07, 6.45) is 4.02. The molecule has 0 saturated heterocycles. The summed E-state index contributed by atoms with van der Waals surface area (Å²) in [5.41, 5.74) is 0.569. The summed E-state index contributed by atoms with van der Waals surface area (Å²) in [5, 5.41) is 5.67. The minimum atomic E-state index is -0.632. The van der Waals surface area contributed by atoms with Gasteiger partial charge in [-0.2, -0.15) is 0 Å². The minimum absolute atomic E-state index is 0.0398. The quantitative estimate of drug-likeness (QED) is 0.128. The molecule has 0 bridgehead atoms. The van der Waals surface area contributed by atoms with Gasteiger partial charge in [0.2, 0.25) is 5.91 Å². The third-order valence-electron chi connectivity index (χ3n) is 4.73. The highest BCUT2D eigenvalue weighted by atomic mass is 33.1. The Morgan fingerprint density at radius 1 is 1.14 bits per heavy atom. The van der Waals surface area contributed by atoms with Crippen molar-refractivity contribution in [2.75, 3.05) is 45.8 Å². The lowest BCUT2D eigenvalue weighted by Crippen LogP contribution is -2.33. The zero-order valence-electron chi connectivity index (χ0n) is 22.5. The number of hydrogen-bond acceptors (Lipinski definition) is 7. The highest BCUT2D eigenvalue weighted by Crippen LogP contribution is 2.35. The van der Waals surface area contributed by atoms with Crippen molar-refractivity contribution in [3.8, 4) is 17.6 Å². The van der Waals surface area contributed by atoms with Gasteiger partial charge in [-0.05, 0) is 50.1 Å². The van der Waals surface area contributed by atoms with Crippen LogP contribution in [0.15, 0.2) is 24.3 Å². The Bertz CT molecular complexity index is 854.